The predicted molar refractivity (Wildman–Crippen MR) is 58.3 cm³/mol. The van der Waals surface area contributed by atoms with Crippen LogP contribution in [0.1, 0.15) is 10.5 Å². The molecule has 0 unspecified atom stereocenters. The lowest BCUT2D eigenvalue weighted by Gasteiger charge is -2.02. The minimum Gasteiger partial charge on any atom is -0.476 e. The monoisotopic (exact) mass is 220 g/mol. The molecular weight excluding hydrogens is 212 g/mol. The molecule has 0 saturated heterocycles. The Balaban J connectivity index is 2.80. The van der Waals surface area contributed by atoms with Crippen LogP contribution in [0, 0.1) is 0 Å². The molecule has 0 spiro atoms. The van der Waals surface area contributed by atoms with Gasteiger partial charge in [-0.2, -0.15) is 0 Å². The SMILES string of the molecule is CSc1nc(C(=O)O)c2ccccc2n1. The van der Waals surface area contributed by atoms with Crippen molar-refractivity contribution in [1.29, 1.82) is 0 Å². The van der Waals surface area contributed by atoms with Crippen molar-refractivity contribution in [3.63, 3.8) is 0 Å². The van der Waals surface area contributed by atoms with Gasteiger partial charge in [0.1, 0.15) is 0 Å². The predicted octanol–water partition coefficient (Wildman–Crippen LogP) is 2.05. The third-order valence-electron chi connectivity index (χ3n) is 1.97. The van der Waals surface area contributed by atoms with Crippen LogP contribution in [-0.4, -0.2) is 27.3 Å². The molecule has 0 saturated carbocycles. The van der Waals surface area contributed by atoms with Gasteiger partial charge in [0, 0.05) is 5.39 Å². The summed E-state index contributed by atoms with van der Waals surface area (Å²) in [5.41, 5.74) is 0.721. The molecular formula is C10H8N2O2S. The Bertz CT molecular complexity index is 528. The van der Waals surface area contributed by atoms with Gasteiger partial charge in [-0.05, 0) is 12.3 Å². The molecule has 0 amide bonds. The number of aromatic carboxylic acids is 1. The zero-order valence-corrected chi connectivity index (χ0v) is 8.78. The number of rotatable bonds is 2. The first-order valence-electron chi connectivity index (χ1n) is 4.26. The lowest BCUT2D eigenvalue weighted by molar-refractivity contribution is 0.0692. The van der Waals surface area contributed by atoms with Gasteiger partial charge in [-0.25, -0.2) is 14.8 Å². The number of para-hydroxylation sites is 1. The maximum Gasteiger partial charge on any atom is 0.355 e. The maximum atomic E-state index is 11.0. The lowest BCUT2D eigenvalue weighted by Crippen LogP contribution is -2.03. The number of hydrogen-bond acceptors (Lipinski definition) is 4. The topological polar surface area (TPSA) is 63.1 Å². The molecule has 76 valence electrons. The smallest absolute Gasteiger partial charge is 0.355 e. The van der Waals surface area contributed by atoms with E-state index in [1.165, 1.54) is 11.8 Å². The van der Waals surface area contributed by atoms with Crippen LogP contribution >= 0.6 is 11.8 Å². The van der Waals surface area contributed by atoms with Crippen LogP contribution in [0.4, 0.5) is 0 Å². The van der Waals surface area contributed by atoms with Crippen molar-refractivity contribution >= 4 is 28.6 Å². The Morgan fingerprint density at radius 1 is 1.33 bits per heavy atom. The number of carboxylic acid groups (broad SMARTS) is 1. The van der Waals surface area contributed by atoms with Crippen molar-refractivity contribution in [1.82, 2.24) is 9.97 Å². The molecule has 1 aromatic heterocycles. The van der Waals surface area contributed by atoms with E-state index in [2.05, 4.69) is 9.97 Å². The number of benzene rings is 1. The van der Waals surface area contributed by atoms with Gasteiger partial charge >= 0.3 is 5.97 Å². The quantitative estimate of drug-likeness (QED) is 0.620. The van der Waals surface area contributed by atoms with Crippen molar-refractivity contribution in [2.45, 2.75) is 5.16 Å². The van der Waals surface area contributed by atoms with Gasteiger partial charge in [-0.1, -0.05) is 30.0 Å². The zero-order valence-electron chi connectivity index (χ0n) is 7.97. The summed E-state index contributed by atoms with van der Waals surface area (Å²) in [4.78, 5) is 19.2. The van der Waals surface area contributed by atoms with Gasteiger partial charge in [0.15, 0.2) is 10.9 Å². The number of aromatic nitrogens is 2. The minimum absolute atomic E-state index is 0.0601. The van der Waals surface area contributed by atoms with Gasteiger partial charge in [-0.15, -0.1) is 0 Å². The highest BCUT2D eigenvalue weighted by atomic mass is 32.2. The Kier molecular flexibility index (Phi) is 2.55. The van der Waals surface area contributed by atoms with Crippen molar-refractivity contribution in [2.75, 3.05) is 6.26 Å². The van der Waals surface area contributed by atoms with E-state index in [1.807, 2.05) is 12.3 Å². The van der Waals surface area contributed by atoms with Gasteiger partial charge in [0.2, 0.25) is 0 Å². The van der Waals surface area contributed by atoms with E-state index in [1.54, 1.807) is 18.2 Å². The van der Waals surface area contributed by atoms with Crippen LogP contribution in [0.25, 0.3) is 10.9 Å². The highest BCUT2D eigenvalue weighted by Crippen LogP contribution is 2.19. The first-order chi connectivity index (χ1) is 7.22. The first-order valence-corrected chi connectivity index (χ1v) is 5.49. The molecule has 0 aliphatic rings. The van der Waals surface area contributed by atoms with E-state index < -0.39 is 5.97 Å². The fraction of sp³-hybridized carbons (Fsp3) is 0.100. The summed E-state index contributed by atoms with van der Waals surface area (Å²) in [5.74, 6) is -1.02. The Hall–Kier alpha value is -1.62. The van der Waals surface area contributed by atoms with Crippen molar-refractivity contribution < 1.29 is 9.90 Å². The van der Waals surface area contributed by atoms with Crippen LogP contribution in [-0.2, 0) is 0 Å². The fourth-order valence-corrected chi connectivity index (χ4v) is 1.68. The van der Waals surface area contributed by atoms with Gasteiger partial charge in [-0.3, -0.25) is 0 Å². The van der Waals surface area contributed by atoms with E-state index in [9.17, 15) is 4.79 Å². The second kappa shape index (κ2) is 3.86. The molecule has 0 radical (unpaired) electrons. The molecule has 4 nitrogen and oxygen atoms in total. The molecule has 15 heavy (non-hydrogen) atoms. The molecule has 0 bridgehead atoms. The van der Waals surface area contributed by atoms with E-state index >= 15 is 0 Å². The van der Waals surface area contributed by atoms with E-state index in [-0.39, 0.29) is 5.69 Å². The number of thioether (sulfide) groups is 1. The number of hydrogen-bond donors (Lipinski definition) is 1. The number of nitrogens with zero attached hydrogens (tertiary/aromatic N) is 2. The molecule has 1 heterocycles. The fourth-order valence-electron chi connectivity index (χ4n) is 1.31. The highest BCUT2D eigenvalue weighted by molar-refractivity contribution is 7.98. The van der Waals surface area contributed by atoms with Crippen LogP contribution in [0.5, 0.6) is 0 Å². The summed E-state index contributed by atoms with van der Waals surface area (Å²) in [6, 6.07) is 7.09. The average Bonchev–Trinajstić information content (AvgIpc) is 2.27. The highest BCUT2D eigenvalue weighted by Gasteiger charge is 2.12. The van der Waals surface area contributed by atoms with Crippen LogP contribution in [0.2, 0.25) is 0 Å². The maximum absolute atomic E-state index is 11.0. The number of carbonyl (C=O) groups is 1. The summed E-state index contributed by atoms with van der Waals surface area (Å²) in [7, 11) is 0. The summed E-state index contributed by atoms with van der Waals surface area (Å²) in [5, 5.41) is 10.1. The summed E-state index contributed by atoms with van der Waals surface area (Å²) < 4.78 is 0. The van der Waals surface area contributed by atoms with E-state index in [0.717, 1.165) is 0 Å². The molecule has 0 fully saturated rings. The molecule has 0 aliphatic heterocycles. The first kappa shape index (κ1) is 9.92. The molecule has 1 aromatic carbocycles. The summed E-state index contributed by atoms with van der Waals surface area (Å²) in [6.07, 6.45) is 1.82. The number of carboxylic acids is 1. The third kappa shape index (κ3) is 1.78. The standard InChI is InChI=1S/C10H8N2O2S/c1-15-10-11-7-5-3-2-4-6(7)8(12-10)9(13)14/h2-5H,1H3,(H,13,14). The minimum atomic E-state index is -1.02. The molecule has 0 aliphatic carbocycles. The normalized spacial score (nSPS) is 10.5. The Morgan fingerprint density at radius 2 is 2.07 bits per heavy atom. The largest absolute Gasteiger partial charge is 0.476 e. The van der Waals surface area contributed by atoms with Crippen LogP contribution < -0.4 is 0 Å². The molecule has 0 atom stereocenters. The zero-order chi connectivity index (χ0) is 10.8. The van der Waals surface area contributed by atoms with Gasteiger partial charge in [0.25, 0.3) is 0 Å². The second-order valence-electron chi connectivity index (χ2n) is 2.88. The molecule has 1 N–H and O–H groups in total. The van der Waals surface area contributed by atoms with Crippen molar-refractivity contribution in [3.05, 3.63) is 30.0 Å². The Labute approximate surface area is 90.4 Å². The van der Waals surface area contributed by atoms with Gasteiger partial charge in [0.05, 0.1) is 5.52 Å². The number of fused-ring (bicyclic) bond motifs is 1. The van der Waals surface area contributed by atoms with Crippen LogP contribution in [0.3, 0.4) is 0 Å². The summed E-state index contributed by atoms with van der Waals surface area (Å²) in [6.45, 7) is 0. The lowest BCUT2D eigenvalue weighted by atomic mass is 10.2. The third-order valence-corrected chi connectivity index (χ3v) is 2.52. The molecule has 5 heteroatoms. The Morgan fingerprint density at radius 3 is 2.73 bits per heavy atom. The molecule has 2 aromatic rings. The van der Waals surface area contributed by atoms with E-state index in [4.69, 9.17) is 5.11 Å². The second-order valence-corrected chi connectivity index (χ2v) is 3.65. The van der Waals surface area contributed by atoms with E-state index in [0.29, 0.717) is 16.1 Å². The van der Waals surface area contributed by atoms with Crippen molar-refractivity contribution in [2.24, 2.45) is 0 Å². The summed E-state index contributed by atoms with van der Waals surface area (Å²) >= 11 is 1.33. The molecule has 2 rings (SSSR count). The van der Waals surface area contributed by atoms with Gasteiger partial charge < -0.3 is 5.11 Å². The van der Waals surface area contributed by atoms with Crippen LogP contribution in [0.15, 0.2) is 29.4 Å². The van der Waals surface area contributed by atoms with Crippen molar-refractivity contribution in [3.8, 4) is 0 Å². The average molecular weight is 220 g/mol.